The standard InChI is InChI=1S/C11H12N2O2/c1-2-5-15-11(14)8-3-4-10-9(6-8)7-12-13-10/h3-4,6H,2,5,7H2,1H3. The third kappa shape index (κ3) is 2.03. The number of azo groups is 1. The Bertz CT molecular complexity index is 413. The molecule has 0 atom stereocenters. The summed E-state index contributed by atoms with van der Waals surface area (Å²) in [4.78, 5) is 11.5. The second-order valence-corrected chi connectivity index (χ2v) is 3.38. The quantitative estimate of drug-likeness (QED) is 0.711. The molecule has 1 heterocycles. The summed E-state index contributed by atoms with van der Waals surface area (Å²) < 4.78 is 5.04. The van der Waals surface area contributed by atoms with Crippen LogP contribution in [0.5, 0.6) is 0 Å². The van der Waals surface area contributed by atoms with Gasteiger partial charge in [0.05, 0.1) is 24.4 Å². The molecule has 1 aliphatic heterocycles. The maximum atomic E-state index is 11.5. The Morgan fingerprint density at radius 3 is 3.20 bits per heavy atom. The fraction of sp³-hybridized carbons (Fsp3) is 0.364. The molecule has 0 saturated carbocycles. The van der Waals surface area contributed by atoms with Crippen LogP contribution in [0.2, 0.25) is 0 Å². The molecule has 0 fully saturated rings. The smallest absolute Gasteiger partial charge is 0.338 e. The Morgan fingerprint density at radius 2 is 2.40 bits per heavy atom. The molecule has 1 aliphatic rings. The number of ether oxygens (including phenoxy) is 1. The summed E-state index contributed by atoms with van der Waals surface area (Å²) in [6.07, 6.45) is 0.835. The highest BCUT2D eigenvalue weighted by Crippen LogP contribution is 2.27. The fourth-order valence-electron chi connectivity index (χ4n) is 1.40. The van der Waals surface area contributed by atoms with Crippen molar-refractivity contribution < 1.29 is 9.53 Å². The van der Waals surface area contributed by atoms with Gasteiger partial charge in [-0.3, -0.25) is 0 Å². The molecule has 0 amide bonds. The van der Waals surface area contributed by atoms with Crippen molar-refractivity contribution in [2.24, 2.45) is 10.2 Å². The summed E-state index contributed by atoms with van der Waals surface area (Å²) in [5, 5.41) is 7.82. The number of nitrogens with zero attached hydrogens (tertiary/aromatic N) is 2. The molecule has 15 heavy (non-hydrogen) atoms. The van der Waals surface area contributed by atoms with Gasteiger partial charge in [-0.05, 0) is 24.6 Å². The average molecular weight is 204 g/mol. The average Bonchev–Trinajstić information content (AvgIpc) is 2.72. The van der Waals surface area contributed by atoms with E-state index in [0.29, 0.717) is 18.7 Å². The molecule has 0 N–H and O–H groups in total. The second-order valence-electron chi connectivity index (χ2n) is 3.38. The molecule has 4 nitrogen and oxygen atoms in total. The first kappa shape index (κ1) is 9.83. The van der Waals surface area contributed by atoms with Crippen molar-refractivity contribution in [1.82, 2.24) is 0 Å². The highest BCUT2D eigenvalue weighted by Gasteiger charge is 2.12. The van der Waals surface area contributed by atoms with Crippen molar-refractivity contribution in [3.05, 3.63) is 29.3 Å². The second kappa shape index (κ2) is 4.21. The summed E-state index contributed by atoms with van der Waals surface area (Å²) in [6, 6.07) is 5.32. The van der Waals surface area contributed by atoms with Crippen molar-refractivity contribution in [2.45, 2.75) is 19.9 Å². The maximum Gasteiger partial charge on any atom is 0.338 e. The summed E-state index contributed by atoms with van der Waals surface area (Å²) in [6.45, 7) is 2.99. The number of hydrogen-bond donors (Lipinski definition) is 0. The zero-order valence-corrected chi connectivity index (χ0v) is 8.56. The third-order valence-electron chi connectivity index (χ3n) is 2.17. The molecule has 0 saturated heterocycles. The highest BCUT2D eigenvalue weighted by atomic mass is 16.5. The van der Waals surface area contributed by atoms with Crippen LogP contribution in [0.1, 0.15) is 29.3 Å². The van der Waals surface area contributed by atoms with E-state index < -0.39 is 0 Å². The van der Waals surface area contributed by atoms with E-state index >= 15 is 0 Å². The van der Waals surface area contributed by atoms with Crippen molar-refractivity contribution in [3.63, 3.8) is 0 Å². The van der Waals surface area contributed by atoms with E-state index in [1.807, 2.05) is 6.92 Å². The minimum Gasteiger partial charge on any atom is -0.462 e. The highest BCUT2D eigenvalue weighted by molar-refractivity contribution is 5.90. The molecule has 0 unspecified atom stereocenters. The Kier molecular flexibility index (Phi) is 2.76. The Balaban J connectivity index is 2.13. The lowest BCUT2D eigenvalue weighted by atomic mass is 10.1. The van der Waals surface area contributed by atoms with Gasteiger partial charge in [-0.2, -0.15) is 10.2 Å². The molecule has 4 heteroatoms. The molecule has 0 aromatic heterocycles. The Morgan fingerprint density at radius 1 is 1.53 bits per heavy atom. The third-order valence-corrected chi connectivity index (χ3v) is 2.17. The van der Waals surface area contributed by atoms with Gasteiger partial charge in [0, 0.05) is 5.56 Å². The number of fused-ring (bicyclic) bond motifs is 1. The van der Waals surface area contributed by atoms with Crippen LogP contribution in [0.25, 0.3) is 0 Å². The zero-order chi connectivity index (χ0) is 10.7. The van der Waals surface area contributed by atoms with Crippen LogP contribution < -0.4 is 0 Å². The number of rotatable bonds is 3. The number of benzene rings is 1. The summed E-state index contributed by atoms with van der Waals surface area (Å²) >= 11 is 0. The van der Waals surface area contributed by atoms with E-state index in [2.05, 4.69) is 10.2 Å². The van der Waals surface area contributed by atoms with Crippen molar-refractivity contribution in [3.8, 4) is 0 Å². The van der Waals surface area contributed by atoms with E-state index in [1.54, 1.807) is 18.2 Å². The van der Waals surface area contributed by atoms with Gasteiger partial charge >= 0.3 is 5.97 Å². The van der Waals surface area contributed by atoms with Gasteiger partial charge in [0.1, 0.15) is 0 Å². The van der Waals surface area contributed by atoms with E-state index in [4.69, 9.17) is 4.74 Å². The van der Waals surface area contributed by atoms with Crippen molar-refractivity contribution in [2.75, 3.05) is 6.61 Å². The molecular formula is C11H12N2O2. The molecule has 0 bridgehead atoms. The van der Waals surface area contributed by atoms with Gasteiger partial charge in [-0.25, -0.2) is 4.79 Å². The van der Waals surface area contributed by atoms with Crippen LogP contribution in [0.4, 0.5) is 5.69 Å². The predicted molar refractivity (Wildman–Crippen MR) is 55.2 cm³/mol. The van der Waals surface area contributed by atoms with Crippen LogP contribution in [0, 0.1) is 0 Å². The maximum absolute atomic E-state index is 11.5. The molecular weight excluding hydrogens is 192 g/mol. The summed E-state index contributed by atoms with van der Waals surface area (Å²) in [5.74, 6) is -0.272. The molecule has 0 spiro atoms. The van der Waals surface area contributed by atoms with E-state index in [-0.39, 0.29) is 5.97 Å². The van der Waals surface area contributed by atoms with Crippen LogP contribution in [0.3, 0.4) is 0 Å². The lowest BCUT2D eigenvalue weighted by Gasteiger charge is -2.03. The monoisotopic (exact) mass is 204 g/mol. The number of esters is 1. The zero-order valence-electron chi connectivity index (χ0n) is 8.56. The molecule has 78 valence electrons. The number of carbonyl (C=O) groups excluding carboxylic acids is 1. The largest absolute Gasteiger partial charge is 0.462 e. The van der Waals surface area contributed by atoms with Crippen LogP contribution >= 0.6 is 0 Å². The first-order valence-electron chi connectivity index (χ1n) is 4.99. The Hall–Kier alpha value is -1.71. The van der Waals surface area contributed by atoms with Crippen LogP contribution in [-0.2, 0) is 11.3 Å². The van der Waals surface area contributed by atoms with Crippen molar-refractivity contribution in [1.29, 1.82) is 0 Å². The van der Waals surface area contributed by atoms with Crippen LogP contribution in [0.15, 0.2) is 28.4 Å². The normalized spacial score (nSPS) is 12.6. The minimum absolute atomic E-state index is 0.272. The van der Waals surface area contributed by atoms with Gasteiger partial charge < -0.3 is 4.74 Å². The van der Waals surface area contributed by atoms with Crippen LogP contribution in [-0.4, -0.2) is 12.6 Å². The summed E-state index contributed by atoms with van der Waals surface area (Å²) in [5.41, 5.74) is 2.41. The topological polar surface area (TPSA) is 51.0 Å². The van der Waals surface area contributed by atoms with Gasteiger partial charge in [0.15, 0.2) is 0 Å². The number of carbonyl (C=O) groups is 1. The summed E-state index contributed by atoms with van der Waals surface area (Å²) in [7, 11) is 0. The predicted octanol–water partition coefficient (Wildman–Crippen LogP) is 2.85. The van der Waals surface area contributed by atoms with Gasteiger partial charge in [-0.1, -0.05) is 6.92 Å². The van der Waals surface area contributed by atoms with Crippen molar-refractivity contribution >= 4 is 11.7 Å². The lowest BCUT2D eigenvalue weighted by molar-refractivity contribution is 0.0505. The first-order chi connectivity index (χ1) is 7.31. The van der Waals surface area contributed by atoms with Gasteiger partial charge in [0.2, 0.25) is 0 Å². The lowest BCUT2D eigenvalue weighted by Crippen LogP contribution is -2.05. The Labute approximate surface area is 88.0 Å². The SMILES string of the molecule is CCCOC(=O)c1ccc2c(c1)CN=N2. The van der Waals surface area contributed by atoms with E-state index in [9.17, 15) is 4.79 Å². The minimum atomic E-state index is -0.272. The molecule has 0 aliphatic carbocycles. The fourth-order valence-corrected chi connectivity index (χ4v) is 1.40. The molecule has 1 aromatic rings. The van der Waals surface area contributed by atoms with Gasteiger partial charge in [-0.15, -0.1) is 0 Å². The number of hydrogen-bond acceptors (Lipinski definition) is 4. The first-order valence-corrected chi connectivity index (χ1v) is 4.99. The van der Waals surface area contributed by atoms with Gasteiger partial charge in [0.25, 0.3) is 0 Å². The molecule has 0 radical (unpaired) electrons. The van der Waals surface area contributed by atoms with E-state index in [0.717, 1.165) is 17.7 Å². The van der Waals surface area contributed by atoms with E-state index in [1.165, 1.54) is 0 Å². The molecule has 2 rings (SSSR count). The molecule has 1 aromatic carbocycles.